The van der Waals surface area contributed by atoms with Crippen molar-refractivity contribution in [3.8, 4) is 11.1 Å². The fourth-order valence-corrected chi connectivity index (χ4v) is 5.31. The average molecular weight is 562 g/mol. The quantitative estimate of drug-likeness (QED) is 0.165. The molecular formula is C33H35N7O2. The topological polar surface area (TPSA) is 117 Å². The molecule has 6 rings (SSSR count). The van der Waals surface area contributed by atoms with Gasteiger partial charge in [0, 0.05) is 29.0 Å². The number of carbonyl (C=O) groups is 1. The molecule has 9 nitrogen and oxygen atoms in total. The Morgan fingerprint density at radius 3 is 2.33 bits per heavy atom. The van der Waals surface area contributed by atoms with Gasteiger partial charge in [0.05, 0.1) is 12.4 Å². The fraction of sp³-hybridized carbons (Fsp3) is 0.273. The molecule has 1 amide bonds. The maximum Gasteiger partial charge on any atom is 0.255 e. The van der Waals surface area contributed by atoms with Gasteiger partial charge in [0.15, 0.2) is 17.0 Å². The molecule has 0 atom stereocenters. The molecule has 4 N–H and O–H groups in total. The van der Waals surface area contributed by atoms with E-state index in [-0.39, 0.29) is 24.1 Å². The van der Waals surface area contributed by atoms with Gasteiger partial charge in [0.2, 0.25) is 5.95 Å². The Labute approximate surface area is 245 Å². The van der Waals surface area contributed by atoms with E-state index in [2.05, 4.69) is 34.8 Å². The number of fused-ring (bicyclic) bond motifs is 1. The maximum atomic E-state index is 13.0. The Hall–Kier alpha value is -4.76. The number of hydrogen-bond donors (Lipinski definition) is 4. The predicted octanol–water partition coefficient (Wildman–Crippen LogP) is 6.79. The van der Waals surface area contributed by atoms with Crippen molar-refractivity contribution in [1.29, 1.82) is 0 Å². The lowest BCUT2D eigenvalue weighted by Gasteiger charge is -2.26. The second-order valence-electron chi connectivity index (χ2n) is 11.1. The molecule has 9 heteroatoms. The number of anilines is 4. The first-order valence-electron chi connectivity index (χ1n) is 14.5. The van der Waals surface area contributed by atoms with E-state index < -0.39 is 0 Å². The van der Waals surface area contributed by atoms with Crippen LogP contribution >= 0.6 is 0 Å². The van der Waals surface area contributed by atoms with Gasteiger partial charge in [0.25, 0.3) is 5.91 Å². The van der Waals surface area contributed by atoms with Crippen LogP contribution in [0.4, 0.5) is 23.1 Å². The van der Waals surface area contributed by atoms with Crippen molar-refractivity contribution in [2.24, 2.45) is 0 Å². The summed E-state index contributed by atoms with van der Waals surface area (Å²) in [5, 5.41) is 19.8. The van der Waals surface area contributed by atoms with Crippen LogP contribution in [0.3, 0.4) is 0 Å². The predicted molar refractivity (Wildman–Crippen MR) is 167 cm³/mol. The lowest BCUT2D eigenvalue weighted by Crippen LogP contribution is -2.29. The standard InChI is InChI=1S/C33H35N7O2/c1-21(2)40-20-34-29-30(38-33(39-31(29)40)37-25-15-17-28(41)18-16-25)35-26-9-6-10-27(19-26)36-32(42)24-13-11-23(12-14-24)22-7-4-3-5-8-22/h3-14,19-21,25,28,41H,15-18H2,1-2H3,(H,36,42)(H2,35,37,38,39). The minimum absolute atomic E-state index is 0.177. The number of aromatic nitrogens is 4. The van der Waals surface area contributed by atoms with E-state index in [1.165, 1.54) is 0 Å². The van der Waals surface area contributed by atoms with Crippen molar-refractivity contribution >= 4 is 40.2 Å². The Bertz CT molecular complexity index is 1670. The van der Waals surface area contributed by atoms with Crippen LogP contribution in [0.2, 0.25) is 0 Å². The monoisotopic (exact) mass is 561 g/mol. The van der Waals surface area contributed by atoms with E-state index in [4.69, 9.17) is 9.97 Å². The number of rotatable bonds is 8. The molecule has 0 unspecified atom stereocenters. The van der Waals surface area contributed by atoms with Crippen LogP contribution in [0.25, 0.3) is 22.3 Å². The third-order valence-corrected chi connectivity index (χ3v) is 7.65. The van der Waals surface area contributed by atoms with Crippen molar-refractivity contribution in [3.05, 3.63) is 90.8 Å². The largest absolute Gasteiger partial charge is 0.393 e. The molecule has 1 aliphatic rings. The molecule has 1 aliphatic carbocycles. The number of hydrogen-bond acceptors (Lipinski definition) is 7. The Morgan fingerprint density at radius 2 is 1.60 bits per heavy atom. The Balaban J connectivity index is 1.21. The summed E-state index contributed by atoms with van der Waals surface area (Å²) >= 11 is 0. The average Bonchev–Trinajstić information content (AvgIpc) is 3.44. The first kappa shape index (κ1) is 27.4. The summed E-state index contributed by atoms with van der Waals surface area (Å²) in [6, 6.07) is 25.6. The zero-order valence-electron chi connectivity index (χ0n) is 23.8. The first-order valence-corrected chi connectivity index (χ1v) is 14.5. The minimum Gasteiger partial charge on any atom is -0.393 e. The summed E-state index contributed by atoms with van der Waals surface area (Å²) in [6.45, 7) is 4.18. The summed E-state index contributed by atoms with van der Waals surface area (Å²) in [6.07, 6.45) is 4.83. The highest BCUT2D eigenvalue weighted by atomic mass is 16.3. The van der Waals surface area contributed by atoms with Crippen LogP contribution < -0.4 is 16.0 Å². The number of nitrogens with zero attached hydrogens (tertiary/aromatic N) is 4. The zero-order valence-corrected chi connectivity index (χ0v) is 23.8. The molecule has 0 bridgehead atoms. The molecular weight excluding hydrogens is 526 g/mol. The first-order chi connectivity index (χ1) is 20.4. The second-order valence-corrected chi connectivity index (χ2v) is 11.1. The molecule has 0 aliphatic heterocycles. The third-order valence-electron chi connectivity index (χ3n) is 7.65. The molecule has 5 aromatic rings. The Morgan fingerprint density at radius 1 is 0.881 bits per heavy atom. The number of carbonyl (C=O) groups excluding carboxylic acids is 1. The highest BCUT2D eigenvalue weighted by Gasteiger charge is 2.22. The van der Waals surface area contributed by atoms with Gasteiger partial charge in [-0.2, -0.15) is 9.97 Å². The molecule has 42 heavy (non-hydrogen) atoms. The molecule has 0 spiro atoms. The van der Waals surface area contributed by atoms with Crippen molar-refractivity contribution < 1.29 is 9.90 Å². The number of imidazole rings is 1. The van der Waals surface area contributed by atoms with E-state index in [9.17, 15) is 9.90 Å². The number of nitrogens with one attached hydrogen (secondary N) is 3. The van der Waals surface area contributed by atoms with Crippen LogP contribution in [-0.4, -0.2) is 42.7 Å². The molecule has 1 fully saturated rings. The molecule has 2 heterocycles. The molecule has 214 valence electrons. The van der Waals surface area contributed by atoms with Crippen LogP contribution in [0.1, 0.15) is 55.9 Å². The van der Waals surface area contributed by atoms with E-state index in [0.717, 1.165) is 48.1 Å². The number of amides is 1. The van der Waals surface area contributed by atoms with Crippen LogP contribution in [0.5, 0.6) is 0 Å². The number of benzene rings is 3. The molecule has 0 radical (unpaired) electrons. The highest BCUT2D eigenvalue weighted by molar-refractivity contribution is 6.04. The van der Waals surface area contributed by atoms with Crippen molar-refractivity contribution in [3.63, 3.8) is 0 Å². The summed E-state index contributed by atoms with van der Waals surface area (Å²) in [5.41, 5.74) is 5.58. The van der Waals surface area contributed by atoms with Gasteiger partial charge in [-0.25, -0.2) is 4.98 Å². The van der Waals surface area contributed by atoms with Crippen molar-refractivity contribution in [2.45, 2.75) is 57.7 Å². The van der Waals surface area contributed by atoms with Gasteiger partial charge < -0.3 is 25.6 Å². The van der Waals surface area contributed by atoms with Crippen molar-refractivity contribution in [1.82, 2.24) is 19.5 Å². The van der Waals surface area contributed by atoms with Crippen LogP contribution in [-0.2, 0) is 0 Å². The van der Waals surface area contributed by atoms with Gasteiger partial charge in [-0.3, -0.25) is 4.79 Å². The van der Waals surface area contributed by atoms with Gasteiger partial charge in [0.1, 0.15) is 0 Å². The smallest absolute Gasteiger partial charge is 0.255 e. The van der Waals surface area contributed by atoms with E-state index in [0.29, 0.717) is 28.5 Å². The van der Waals surface area contributed by atoms with E-state index in [1.807, 2.05) is 83.4 Å². The molecule has 1 saturated carbocycles. The van der Waals surface area contributed by atoms with Gasteiger partial charge in [-0.15, -0.1) is 0 Å². The van der Waals surface area contributed by atoms with Gasteiger partial charge in [-0.05, 0) is 81.0 Å². The Kier molecular flexibility index (Phi) is 7.83. The lowest BCUT2D eigenvalue weighted by atomic mass is 9.93. The lowest BCUT2D eigenvalue weighted by molar-refractivity contribution is 0.102. The van der Waals surface area contributed by atoms with Crippen molar-refractivity contribution in [2.75, 3.05) is 16.0 Å². The maximum absolute atomic E-state index is 13.0. The van der Waals surface area contributed by atoms with Gasteiger partial charge >= 0.3 is 0 Å². The summed E-state index contributed by atoms with van der Waals surface area (Å²) in [7, 11) is 0. The third kappa shape index (κ3) is 6.11. The summed E-state index contributed by atoms with van der Waals surface area (Å²) in [4.78, 5) is 27.3. The summed E-state index contributed by atoms with van der Waals surface area (Å²) < 4.78 is 2.03. The normalized spacial score (nSPS) is 16.9. The SMILES string of the molecule is CC(C)n1cnc2c(Nc3cccc(NC(=O)c4ccc(-c5ccccc5)cc4)c3)nc(NC3CCC(O)CC3)nc21. The zero-order chi connectivity index (χ0) is 29.1. The van der Waals surface area contributed by atoms with Crippen LogP contribution in [0.15, 0.2) is 85.2 Å². The van der Waals surface area contributed by atoms with E-state index >= 15 is 0 Å². The van der Waals surface area contributed by atoms with E-state index in [1.54, 1.807) is 6.33 Å². The molecule has 2 aromatic heterocycles. The summed E-state index contributed by atoms with van der Waals surface area (Å²) in [5.74, 6) is 0.922. The highest BCUT2D eigenvalue weighted by Crippen LogP contribution is 2.29. The number of aliphatic hydroxyl groups is 1. The molecule has 0 saturated heterocycles. The van der Waals surface area contributed by atoms with Gasteiger partial charge in [-0.1, -0.05) is 48.5 Å². The fourth-order valence-electron chi connectivity index (χ4n) is 5.31. The minimum atomic E-state index is -0.229. The number of aliphatic hydroxyl groups excluding tert-OH is 1. The molecule has 3 aromatic carbocycles. The van der Waals surface area contributed by atoms with Crippen LogP contribution in [0, 0.1) is 0 Å². The second kappa shape index (κ2) is 12.0.